The number of carbonyl (C=O) groups excluding carboxylic acids is 1. The second kappa shape index (κ2) is 8.06. The Balaban J connectivity index is 2.04. The first-order valence-corrected chi connectivity index (χ1v) is 8.70. The smallest absolute Gasteiger partial charge is 0.317 e. The first kappa shape index (κ1) is 18.9. The number of amides is 2. The van der Waals surface area contributed by atoms with Gasteiger partial charge in [-0.3, -0.25) is 0 Å². The molecule has 0 radical (unpaired) electrons. The molecule has 0 spiro atoms. The number of urea groups is 1. The van der Waals surface area contributed by atoms with Crippen LogP contribution < -0.4 is 5.32 Å². The predicted octanol–water partition coefficient (Wildman–Crippen LogP) is 3.66. The first-order chi connectivity index (χ1) is 11.3. The third kappa shape index (κ3) is 4.13. The summed E-state index contributed by atoms with van der Waals surface area (Å²) < 4.78 is 0. The molecule has 130 valence electrons. The van der Waals surface area contributed by atoms with Gasteiger partial charge < -0.3 is 15.1 Å². The van der Waals surface area contributed by atoms with Gasteiger partial charge in [0, 0.05) is 13.1 Å². The summed E-state index contributed by atoms with van der Waals surface area (Å²) in [5.74, 6) is 0. The molecule has 1 aliphatic rings. The number of nitrogens with one attached hydrogen (secondary N) is 1. The van der Waals surface area contributed by atoms with E-state index in [0.717, 1.165) is 25.9 Å². The van der Waals surface area contributed by atoms with Crippen LogP contribution in [0.4, 0.5) is 4.79 Å². The molecule has 24 heavy (non-hydrogen) atoms. The van der Waals surface area contributed by atoms with Crippen molar-refractivity contribution in [2.24, 2.45) is 0 Å². The van der Waals surface area contributed by atoms with Crippen LogP contribution >= 0.6 is 23.2 Å². The molecule has 0 aromatic heterocycles. The third-order valence-corrected chi connectivity index (χ3v) is 5.49. The van der Waals surface area contributed by atoms with Gasteiger partial charge in [-0.25, -0.2) is 4.79 Å². The molecule has 0 aliphatic carbocycles. The van der Waals surface area contributed by atoms with Gasteiger partial charge in [0.15, 0.2) is 0 Å². The van der Waals surface area contributed by atoms with E-state index in [9.17, 15) is 4.79 Å². The fraction of sp³-hybridized carbons (Fsp3) is 0.529. The summed E-state index contributed by atoms with van der Waals surface area (Å²) in [6, 6.07) is 5.15. The lowest BCUT2D eigenvalue weighted by Gasteiger charge is -2.35. The third-order valence-electron chi connectivity index (χ3n) is 4.60. The maximum absolute atomic E-state index is 12.5. The molecular weight excluding hydrogens is 347 g/mol. The largest absolute Gasteiger partial charge is 0.331 e. The van der Waals surface area contributed by atoms with Crippen LogP contribution in [0.5, 0.6) is 0 Å². The number of nitrogens with zero attached hydrogens (tertiary/aromatic N) is 3. The lowest BCUT2D eigenvalue weighted by atomic mass is 10.0. The van der Waals surface area contributed by atoms with Crippen LogP contribution in [0.3, 0.4) is 0 Å². The van der Waals surface area contributed by atoms with Crippen LogP contribution in [-0.4, -0.2) is 49.1 Å². The van der Waals surface area contributed by atoms with E-state index in [0.29, 0.717) is 16.1 Å². The van der Waals surface area contributed by atoms with Gasteiger partial charge in [0.05, 0.1) is 21.7 Å². The molecule has 0 saturated carbocycles. The SMILES string of the molecule is CC(NC(=O)N(C)C1CCN(C)CC1)c1ccc(C#N)c(Cl)c1Cl. The molecule has 1 saturated heterocycles. The van der Waals surface area contributed by atoms with Crippen molar-refractivity contribution in [3.8, 4) is 6.07 Å². The van der Waals surface area contributed by atoms with Crippen molar-refractivity contribution in [1.29, 1.82) is 5.26 Å². The quantitative estimate of drug-likeness (QED) is 0.885. The highest BCUT2D eigenvalue weighted by Gasteiger charge is 2.25. The van der Waals surface area contributed by atoms with Crippen LogP contribution in [0.2, 0.25) is 10.0 Å². The average Bonchev–Trinajstić information content (AvgIpc) is 2.57. The van der Waals surface area contributed by atoms with Crippen LogP contribution in [0.15, 0.2) is 12.1 Å². The summed E-state index contributed by atoms with van der Waals surface area (Å²) in [6.07, 6.45) is 1.94. The van der Waals surface area contributed by atoms with Gasteiger partial charge in [0.25, 0.3) is 0 Å². The van der Waals surface area contributed by atoms with Crippen molar-refractivity contribution < 1.29 is 4.79 Å². The predicted molar refractivity (Wildman–Crippen MR) is 96.4 cm³/mol. The molecule has 1 fully saturated rings. The van der Waals surface area contributed by atoms with E-state index in [-0.39, 0.29) is 23.1 Å². The van der Waals surface area contributed by atoms with Gasteiger partial charge in [-0.1, -0.05) is 29.3 Å². The van der Waals surface area contributed by atoms with Crippen molar-refractivity contribution >= 4 is 29.2 Å². The Labute approximate surface area is 153 Å². The Morgan fingerprint density at radius 2 is 2.00 bits per heavy atom. The topological polar surface area (TPSA) is 59.4 Å². The molecule has 1 aromatic rings. The summed E-state index contributed by atoms with van der Waals surface area (Å²) in [5, 5.41) is 12.5. The zero-order valence-corrected chi connectivity index (χ0v) is 15.7. The second-order valence-electron chi connectivity index (χ2n) is 6.26. The van der Waals surface area contributed by atoms with E-state index in [4.69, 9.17) is 28.5 Å². The molecule has 1 N–H and O–H groups in total. The Morgan fingerprint density at radius 1 is 1.38 bits per heavy atom. The van der Waals surface area contributed by atoms with E-state index >= 15 is 0 Å². The Morgan fingerprint density at radius 3 is 2.58 bits per heavy atom. The molecule has 2 amide bonds. The minimum absolute atomic E-state index is 0.131. The van der Waals surface area contributed by atoms with E-state index in [1.165, 1.54) is 0 Å². The molecule has 1 heterocycles. The minimum atomic E-state index is -0.302. The van der Waals surface area contributed by atoms with Crippen molar-refractivity contribution in [1.82, 2.24) is 15.1 Å². The fourth-order valence-electron chi connectivity index (χ4n) is 2.90. The molecule has 2 rings (SSSR count). The average molecular weight is 369 g/mol. The molecule has 1 aromatic carbocycles. The Hall–Kier alpha value is -1.48. The highest BCUT2D eigenvalue weighted by atomic mass is 35.5. The summed E-state index contributed by atoms with van der Waals surface area (Å²) in [7, 11) is 3.92. The summed E-state index contributed by atoms with van der Waals surface area (Å²) in [5.41, 5.74) is 1.03. The second-order valence-corrected chi connectivity index (χ2v) is 7.01. The van der Waals surface area contributed by atoms with Crippen molar-refractivity contribution in [2.75, 3.05) is 27.2 Å². The summed E-state index contributed by atoms with van der Waals surface area (Å²) in [6.45, 7) is 3.84. The zero-order chi connectivity index (χ0) is 17.9. The maximum atomic E-state index is 12.5. The van der Waals surface area contributed by atoms with Gasteiger partial charge in [-0.2, -0.15) is 5.26 Å². The van der Waals surface area contributed by atoms with Crippen LogP contribution in [0, 0.1) is 11.3 Å². The number of piperidine rings is 1. The normalized spacial score (nSPS) is 17.2. The maximum Gasteiger partial charge on any atom is 0.317 e. The number of carbonyl (C=O) groups is 1. The molecule has 1 unspecified atom stereocenters. The first-order valence-electron chi connectivity index (χ1n) is 7.95. The Bertz CT molecular complexity index is 651. The number of nitriles is 1. The van der Waals surface area contributed by atoms with E-state index in [1.807, 2.05) is 20.0 Å². The number of rotatable bonds is 3. The number of benzene rings is 1. The molecule has 7 heteroatoms. The van der Waals surface area contributed by atoms with Crippen molar-refractivity contribution in [3.63, 3.8) is 0 Å². The molecule has 1 aliphatic heterocycles. The van der Waals surface area contributed by atoms with E-state index in [1.54, 1.807) is 17.0 Å². The zero-order valence-electron chi connectivity index (χ0n) is 14.1. The fourth-order valence-corrected chi connectivity index (χ4v) is 3.44. The molecular formula is C17H22Cl2N4O. The molecule has 0 bridgehead atoms. The minimum Gasteiger partial charge on any atom is -0.331 e. The van der Waals surface area contributed by atoms with Crippen molar-refractivity contribution in [3.05, 3.63) is 33.3 Å². The van der Waals surface area contributed by atoms with E-state index in [2.05, 4.69) is 17.3 Å². The van der Waals surface area contributed by atoms with E-state index < -0.39 is 0 Å². The van der Waals surface area contributed by atoms with Crippen molar-refractivity contribution in [2.45, 2.75) is 31.8 Å². The number of hydrogen-bond acceptors (Lipinski definition) is 3. The highest BCUT2D eigenvalue weighted by molar-refractivity contribution is 6.43. The Kier molecular flexibility index (Phi) is 6.34. The van der Waals surface area contributed by atoms with Gasteiger partial charge in [-0.05, 0) is 51.5 Å². The summed E-state index contributed by atoms with van der Waals surface area (Å²) >= 11 is 12.3. The number of halogens is 2. The molecule has 5 nitrogen and oxygen atoms in total. The highest BCUT2D eigenvalue weighted by Crippen LogP contribution is 2.32. The number of likely N-dealkylation sites (tertiary alicyclic amines) is 1. The van der Waals surface area contributed by atoms with Gasteiger partial charge in [-0.15, -0.1) is 0 Å². The standard InChI is InChI=1S/C17H22Cl2N4O/c1-11(14-5-4-12(10-20)15(18)16(14)19)21-17(24)23(3)13-6-8-22(2)9-7-13/h4-5,11,13H,6-9H2,1-3H3,(H,21,24). The number of hydrogen-bond donors (Lipinski definition) is 1. The molecule has 1 atom stereocenters. The van der Waals surface area contributed by atoms with Gasteiger partial charge >= 0.3 is 6.03 Å². The van der Waals surface area contributed by atoms with Crippen LogP contribution in [0.25, 0.3) is 0 Å². The van der Waals surface area contributed by atoms with Gasteiger partial charge in [0.2, 0.25) is 0 Å². The lowest BCUT2D eigenvalue weighted by Crippen LogP contribution is -2.48. The summed E-state index contributed by atoms with van der Waals surface area (Å²) in [4.78, 5) is 16.5. The lowest BCUT2D eigenvalue weighted by molar-refractivity contribution is 0.146. The van der Waals surface area contributed by atoms with Crippen LogP contribution in [0.1, 0.15) is 36.9 Å². The van der Waals surface area contributed by atoms with Crippen LogP contribution in [-0.2, 0) is 0 Å². The van der Waals surface area contributed by atoms with Gasteiger partial charge in [0.1, 0.15) is 6.07 Å². The monoisotopic (exact) mass is 368 g/mol.